The number of fused-ring (bicyclic) bond motifs is 1. The molecule has 0 aliphatic carbocycles. The van der Waals surface area contributed by atoms with Crippen molar-refractivity contribution in [2.75, 3.05) is 11.9 Å². The highest BCUT2D eigenvalue weighted by atomic mass is 16.6. The van der Waals surface area contributed by atoms with Crippen LogP contribution in [-0.4, -0.2) is 45.2 Å². The molecule has 2 aromatic carbocycles. The van der Waals surface area contributed by atoms with Gasteiger partial charge in [0.15, 0.2) is 0 Å². The van der Waals surface area contributed by atoms with E-state index in [-0.39, 0.29) is 35.5 Å². The predicted octanol–water partition coefficient (Wildman–Crippen LogP) is 2.32. The lowest BCUT2D eigenvalue weighted by Crippen LogP contribution is -2.31. The van der Waals surface area contributed by atoms with Crippen LogP contribution in [-0.2, 0) is 9.59 Å². The molecule has 3 rings (SSSR count). The van der Waals surface area contributed by atoms with E-state index in [0.29, 0.717) is 5.56 Å². The number of benzene rings is 2. The number of carbonyl (C=O) groups excluding carboxylic acids is 3. The van der Waals surface area contributed by atoms with Gasteiger partial charge in [-0.1, -0.05) is 12.1 Å². The van der Waals surface area contributed by atoms with E-state index < -0.39 is 28.6 Å². The van der Waals surface area contributed by atoms with Gasteiger partial charge in [-0.3, -0.25) is 34.2 Å². The number of anilines is 1. The molecule has 10 heteroatoms. The Labute approximate surface area is 169 Å². The number of imide groups is 1. The van der Waals surface area contributed by atoms with Crippen molar-refractivity contribution >= 4 is 41.1 Å². The fourth-order valence-electron chi connectivity index (χ4n) is 2.88. The molecular formula is C20H15N3O7. The van der Waals surface area contributed by atoms with E-state index in [9.17, 15) is 29.3 Å². The van der Waals surface area contributed by atoms with Crippen LogP contribution in [0.5, 0.6) is 0 Å². The number of nitro benzene ring substituents is 1. The van der Waals surface area contributed by atoms with Crippen LogP contribution in [0, 0.1) is 10.1 Å². The first-order valence-corrected chi connectivity index (χ1v) is 8.72. The maximum Gasteiger partial charge on any atom is 0.305 e. The zero-order valence-corrected chi connectivity index (χ0v) is 15.4. The maximum absolute atomic E-state index is 12.4. The minimum Gasteiger partial charge on any atom is -0.481 e. The molecule has 2 aromatic rings. The van der Waals surface area contributed by atoms with Crippen molar-refractivity contribution in [3.05, 3.63) is 75.3 Å². The van der Waals surface area contributed by atoms with Gasteiger partial charge in [0.05, 0.1) is 22.5 Å². The summed E-state index contributed by atoms with van der Waals surface area (Å²) in [6, 6.07) is 9.92. The Morgan fingerprint density at radius 1 is 1.10 bits per heavy atom. The van der Waals surface area contributed by atoms with E-state index in [1.54, 1.807) is 6.07 Å². The number of rotatable bonds is 7. The second-order valence-corrected chi connectivity index (χ2v) is 6.34. The quantitative estimate of drug-likeness (QED) is 0.309. The number of hydrogen-bond donors (Lipinski definition) is 2. The summed E-state index contributed by atoms with van der Waals surface area (Å²) in [4.78, 5) is 58.6. The second kappa shape index (κ2) is 8.35. The number of carboxylic acids is 1. The molecule has 10 nitrogen and oxygen atoms in total. The molecule has 30 heavy (non-hydrogen) atoms. The van der Waals surface area contributed by atoms with Crippen molar-refractivity contribution in [2.45, 2.75) is 6.42 Å². The van der Waals surface area contributed by atoms with Crippen molar-refractivity contribution < 1.29 is 29.2 Å². The van der Waals surface area contributed by atoms with E-state index in [0.717, 1.165) is 4.90 Å². The summed E-state index contributed by atoms with van der Waals surface area (Å²) in [5.74, 6) is -2.88. The van der Waals surface area contributed by atoms with Gasteiger partial charge in [0.1, 0.15) is 0 Å². The average molecular weight is 409 g/mol. The van der Waals surface area contributed by atoms with Gasteiger partial charge in [0.2, 0.25) is 5.91 Å². The Kier molecular flexibility index (Phi) is 5.68. The van der Waals surface area contributed by atoms with Crippen LogP contribution in [0.15, 0.2) is 48.5 Å². The highest BCUT2D eigenvalue weighted by Crippen LogP contribution is 2.26. The third-order valence-electron chi connectivity index (χ3n) is 4.30. The molecule has 0 unspecified atom stereocenters. The molecule has 0 saturated carbocycles. The summed E-state index contributed by atoms with van der Waals surface area (Å²) in [5.41, 5.74) is 0.833. The zero-order chi connectivity index (χ0) is 21.8. The molecule has 2 N–H and O–H groups in total. The largest absolute Gasteiger partial charge is 0.481 e. The van der Waals surface area contributed by atoms with E-state index in [4.69, 9.17) is 5.11 Å². The lowest BCUT2D eigenvalue weighted by atomic mass is 10.1. The standard InChI is InChI=1S/C20H15N3O7/c24-17(7-4-12-2-1-3-14(10-12)23(29)30)21-13-5-6-15-16(11-13)20(28)22(19(15)27)9-8-18(25)26/h1-7,10-11H,8-9H2,(H,21,24)(H,25,26)/b7-4+. The van der Waals surface area contributed by atoms with Crippen LogP contribution >= 0.6 is 0 Å². The van der Waals surface area contributed by atoms with Gasteiger partial charge in [0, 0.05) is 30.4 Å². The van der Waals surface area contributed by atoms with Crippen molar-refractivity contribution in [1.29, 1.82) is 0 Å². The van der Waals surface area contributed by atoms with Crippen molar-refractivity contribution in [2.24, 2.45) is 0 Å². The van der Waals surface area contributed by atoms with Crippen LogP contribution in [0.4, 0.5) is 11.4 Å². The number of nitro groups is 1. The predicted molar refractivity (Wildman–Crippen MR) is 105 cm³/mol. The minimum absolute atomic E-state index is 0.0749. The number of carbonyl (C=O) groups is 4. The summed E-state index contributed by atoms with van der Waals surface area (Å²) < 4.78 is 0. The van der Waals surface area contributed by atoms with Crippen LogP contribution in [0.3, 0.4) is 0 Å². The molecule has 0 fully saturated rings. The summed E-state index contributed by atoms with van der Waals surface area (Å²) in [6.07, 6.45) is 2.22. The summed E-state index contributed by atoms with van der Waals surface area (Å²) in [7, 11) is 0. The van der Waals surface area contributed by atoms with Crippen molar-refractivity contribution in [3.63, 3.8) is 0 Å². The van der Waals surface area contributed by atoms with Crippen LogP contribution in [0.1, 0.15) is 32.7 Å². The minimum atomic E-state index is -1.13. The molecular weight excluding hydrogens is 394 g/mol. The van der Waals surface area contributed by atoms with Crippen LogP contribution < -0.4 is 5.32 Å². The Morgan fingerprint density at radius 2 is 1.83 bits per heavy atom. The van der Waals surface area contributed by atoms with Gasteiger partial charge in [-0.15, -0.1) is 0 Å². The lowest BCUT2D eigenvalue weighted by molar-refractivity contribution is -0.384. The Hall–Kier alpha value is -4.34. The van der Waals surface area contributed by atoms with Crippen LogP contribution in [0.2, 0.25) is 0 Å². The first kappa shape index (κ1) is 20.4. The van der Waals surface area contributed by atoms with Gasteiger partial charge in [-0.2, -0.15) is 0 Å². The molecule has 3 amide bonds. The average Bonchev–Trinajstić information content (AvgIpc) is 2.94. The zero-order valence-electron chi connectivity index (χ0n) is 15.4. The van der Waals surface area contributed by atoms with E-state index >= 15 is 0 Å². The number of nitrogens with one attached hydrogen (secondary N) is 1. The topological polar surface area (TPSA) is 147 Å². The van der Waals surface area contributed by atoms with E-state index in [2.05, 4.69) is 5.32 Å². The van der Waals surface area contributed by atoms with Crippen molar-refractivity contribution in [1.82, 2.24) is 4.90 Å². The molecule has 0 aromatic heterocycles. The summed E-state index contributed by atoms with van der Waals surface area (Å²) in [6.45, 7) is -0.241. The number of non-ortho nitro benzene ring substituents is 1. The molecule has 0 bridgehead atoms. The van der Waals surface area contributed by atoms with Gasteiger partial charge < -0.3 is 10.4 Å². The number of carboxylic acid groups (broad SMARTS) is 1. The van der Waals surface area contributed by atoms with Crippen LogP contribution in [0.25, 0.3) is 6.08 Å². The molecule has 1 aliphatic heterocycles. The number of aliphatic carboxylic acids is 1. The normalized spacial score (nSPS) is 12.9. The lowest BCUT2D eigenvalue weighted by Gasteiger charge is -2.11. The third kappa shape index (κ3) is 4.38. The monoisotopic (exact) mass is 409 g/mol. The van der Waals surface area contributed by atoms with Gasteiger partial charge in [-0.25, -0.2) is 0 Å². The highest BCUT2D eigenvalue weighted by Gasteiger charge is 2.35. The summed E-state index contributed by atoms with van der Waals surface area (Å²) >= 11 is 0. The third-order valence-corrected chi connectivity index (χ3v) is 4.30. The molecule has 0 atom stereocenters. The fraction of sp³-hybridized carbons (Fsp3) is 0.100. The molecule has 0 spiro atoms. The van der Waals surface area contributed by atoms with E-state index in [1.807, 2.05) is 0 Å². The molecule has 0 saturated heterocycles. The molecule has 152 valence electrons. The van der Waals surface area contributed by atoms with Gasteiger partial charge in [-0.05, 0) is 29.8 Å². The smallest absolute Gasteiger partial charge is 0.305 e. The number of nitrogens with zero attached hydrogens (tertiary/aromatic N) is 2. The molecule has 1 heterocycles. The Balaban J connectivity index is 1.70. The number of hydrogen-bond acceptors (Lipinski definition) is 6. The number of amides is 3. The summed E-state index contributed by atoms with van der Waals surface area (Å²) in [5, 5.41) is 22.1. The molecule has 0 radical (unpaired) electrons. The fourth-order valence-corrected chi connectivity index (χ4v) is 2.88. The highest BCUT2D eigenvalue weighted by molar-refractivity contribution is 6.22. The maximum atomic E-state index is 12.4. The Morgan fingerprint density at radius 3 is 2.53 bits per heavy atom. The SMILES string of the molecule is O=C(O)CCN1C(=O)c2ccc(NC(=O)/C=C/c3cccc([N+](=O)[O-])c3)cc2C1=O. The molecule has 1 aliphatic rings. The van der Waals surface area contributed by atoms with E-state index in [1.165, 1.54) is 48.6 Å². The second-order valence-electron chi connectivity index (χ2n) is 6.34. The first-order valence-electron chi connectivity index (χ1n) is 8.72. The van der Waals surface area contributed by atoms with Crippen molar-refractivity contribution in [3.8, 4) is 0 Å². The van der Waals surface area contributed by atoms with Gasteiger partial charge >= 0.3 is 5.97 Å². The first-order chi connectivity index (χ1) is 14.3. The van der Waals surface area contributed by atoms with Gasteiger partial charge in [0.25, 0.3) is 17.5 Å². The Bertz CT molecular complexity index is 1110.